The highest BCUT2D eigenvalue weighted by Crippen LogP contribution is 2.31. The monoisotopic (exact) mass is 230 g/mol. The fourth-order valence-corrected chi connectivity index (χ4v) is 1.13. The van der Waals surface area contributed by atoms with E-state index in [-0.39, 0.29) is 5.69 Å². The Morgan fingerprint density at radius 3 is 2.56 bits per heavy atom. The number of carboxylic acids is 1. The van der Waals surface area contributed by atoms with E-state index in [9.17, 15) is 13.6 Å². The summed E-state index contributed by atoms with van der Waals surface area (Å²) in [4.78, 5) is 14.4. The summed E-state index contributed by atoms with van der Waals surface area (Å²) in [6.07, 6.45) is 0.802. The molecule has 88 valence electrons. The molecule has 0 aromatic carbocycles. The van der Waals surface area contributed by atoms with Gasteiger partial charge in [0.15, 0.2) is 0 Å². The van der Waals surface area contributed by atoms with Crippen LogP contribution >= 0.6 is 0 Å². The quantitative estimate of drug-likeness (QED) is 0.824. The molecule has 16 heavy (non-hydrogen) atoms. The Morgan fingerprint density at radius 2 is 2.12 bits per heavy atom. The summed E-state index contributed by atoms with van der Waals surface area (Å²) in [6, 6.07) is -0.522. The van der Waals surface area contributed by atoms with Crippen molar-refractivity contribution in [1.82, 2.24) is 4.98 Å². The van der Waals surface area contributed by atoms with Crippen LogP contribution in [0.2, 0.25) is 0 Å². The van der Waals surface area contributed by atoms with Gasteiger partial charge in [-0.1, -0.05) is 0 Å². The summed E-state index contributed by atoms with van der Waals surface area (Å²) in [5.41, 5.74) is 3.98. The summed E-state index contributed by atoms with van der Waals surface area (Å²) >= 11 is 0. The van der Waals surface area contributed by atoms with E-state index in [1.807, 2.05) is 0 Å². The Labute approximate surface area is 91.1 Å². The molecule has 0 fully saturated rings. The highest BCUT2D eigenvalue weighted by Gasteiger charge is 2.37. The summed E-state index contributed by atoms with van der Waals surface area (Å²) in [5, 5.41) is 8.91. The predicted octanol–water partition coefficient (Wildman–Crippen LogP) is 1.47. The summed E-state index contributed by atoms with van der Waals surface area (Å²) in [6.45, 7) is 2.70. The van der Waals surface area contributed by atoms with E-state index in [1.54, 1.807) is 0 Å². The van der Waals surface area contributed by atoms with E-state index in [0.29, 0.717) is 6.07 Å². The summed E-state index contributed by atoms with van der Waals surface area (Å²) in [5.74, 6) is -2.95. The lowest BCUT2D eigenvalue weighted by molar-refractivity contribution is -0.148. The summed E-state index contributed by atoms with van der Waals surface area (Å²) in [7, 11) is 0. The predicted molar refractivity (Wildman–Crippen MR) is 52.5 cm³/mol. The van der Waals surface area contributed by atoms with Crippen molar-refractivity contribution in [2.45, 2.75) is 19.9 Å². The Hall–Kier alpha value is -1.56. The third-order valence-electron chi connectivity index (χ3n) is 2.46. The van der Waals surface area contributed by atoms with Crippen LogP contribution in [0.5, 0.6) is 0 Å². The number of nitrogens with two attached hydrogens (primary N) is 1. The molecule has 0 radical (unpaired) electrons. The van der Waals surface area contributed by atoms with Crippen molar-refractivity contribution >= 4 is 5.97 Å². The zero-order valence-corrected chi connectivity index (χ0v) is 8.87. The normalized spacial score (nSPS) is 13.6. The number of aliphatic carboxylic acids is 1. The molecule has 0 saturated heterocycles. The van der Waals surface area contributed by atoms with Gasteiger partial charge in [0.25, 0.3) is 0 Å². The largest absolute Gasteiger partial charge is 0.481 e. The molecule has 0 spiro atoms. The second-order valence-electron chi connectivity index (χ2n) is 4.03. The minimum Gasteiger partial charge on any atom is -0.481 e. The van der Waals surface area contributed by atoms with Gasteiger partial charge >= 0.3 is 5.97 Å². The SMILES string of the molecule is CC(C)(C(=O)O)C(N)c1ncc(F)cc1F. The van der Waals surface area contributed by atoms with Crippen LogP contribution in [0.15, 0.2) is 12.3 Å². The average Bonchev–Trinajstić information content (AvgIpc) is 2.16. The van der Waals surface area contributed by atoms with Gasteiger partial charge in [0.1, 0.15) is 11.6 Å². The second-order valence-corrected chi connectivity index (χ2v) is 4.03. The maximum Gasteiger partial charge on any atom is 0.311 e. The van der Waals surface area contributed by atoms with Gasteiger partial charge in [0, 0.05) is 6.07 Å². The third-order valence-corrected chi connectivity index (χ3v) is 2.46. The Morgan fingerprint density at radius 1 is 1.56 bits per heavy atom. The molecule has 0 aliphatic heterocycles. The number of aromatic nitrogens is 1. The lowest BCUT2D eigenvalue weighted by atomic mass is 9.83. The van der Waals surface area contributed by atoms with Crippen molar-refractivity contribution in [3.63, 3.8) is 0 Å². The number of rotatable bonds is 3. The van der Waals surface area contributed by atoms with E-state index in [4.69, 9.17) is 10.8 Å². The van der Waals surface area contributed by atoms with Crippen LogP contribution in [0.4, 0.5) is 8.78 Å². The smallest absolute Gasteiger partial charge is 0.311 e. The van der Waals surface area contributed by atoms with Gasteiger partial charge < -0.3 is 10.8 Å². The molecule has 0 aliphatic carbocycles. The van der Waals surface area contributed by atoms with Crippen molar-refractivity contribution in [1.29, 1.82) is 0 Å². The molecule has 0 saturated carbocycles. The standard InChI is InChI=1S/C10H12F2N2O2/c1-10(2,9(15)16)8(13)7-6(12)3-5(11)4-14-7/h3-4,8H,13H2,1-2H3,(H,15,16). The number of hydrogen-bond acceptors (Lipinski definition) is 3. The number of carboxylic acid groups (broad SMARTS) is 1. The molecule has 0 amide bonds. The maximum atomic E-state index is 13.3. The Kier molecular flexibility index (Phi) is 3.23. The Bertz CT molecular complexity index is 421. The van der Waals surface area contributed by atoms with E-state index >= 15 is 0 Å². The first-order chi connectivity index (χ1) is 7.26. The minimum absolute atomic E-state index is 0.256. The summed E-state index contributed by atoms with van der Waals surface area (Å²) < 4.78 is 25.9. The molecule has 0 aliphatic rings. The van der Waals surface area contributed by atoms with Gasteiger partial charge in [0.2, 0.25) is 0 Å². The Balaban J connectivity index is 3.14. The van der Waals surface area contributed by atoms with Gasteiger partial charge in [0.05, 0.1) is 23.3 Å². The molecule has 4 nitrogen and oxygen atoms in total. The van der Waals surface area contributed by atoms with Crippen molar-refractivity contribution in [3.8, 4) is 0 Å². The van der Waals surface area contributed by atoms with Crippen LogP contribution < -0.4 is 5.73 Å². The van der Waals surface area contributed by atoms with Crippen LogP contribution in [0.1, 0.15) is 25.6 Å². The zero-order valence-electron chi connectivity index (χ0n) is 8.87. The van der Waals surface area contributed by atoms with Gasteiger partial charge in [-0.15, -0.1) is 0 Å². The fourth-order valence-electron chi connectivity index (χ4n) is 1.13. The lowest BCUT2D eigenvalue weighted by Crippen LogP contribution is -2.37. The van der Waals surface area contributed by atoms with E-state index in [1.165, 1.54) is 13.8 Å². The van der Waals surface area contributed by atoms with Crippen molar-refractivity contribution in [2.24, 2.45) is 11.1 Å². The first kappa shape index (κ1) is 12.5. The highest BCUT2D eigenvalue weighted by molar-refractivity contribution is 5.74. The van der Waals surface area contributed by atoms with E-state index < -0.39 is 29.1 Å². The molecular formula is C10H12F2N2O2. The molecule has 1 heterocycles. The first-order valence-electron chi connectivity index (χ1n) is 4.56. The topological polar surface area (TPSA) is 76.2 Å². The number of pyridine rings is 1. The van der Waals surface area contributed by atoms with Crippen LogP contribution in [0.25, 0.3) is 0 Å². The fraction of sp³-hybridized carbons (Fsp3) is 0.400. The molecular weight excluding hydrogens is 218 g/mol. The molecule has 1 atom stereocenters. The molecule has 6 heteroatoms. The number of hydrogen-bond donors (Lipinski definition) is 2. The highest BCUT2D eigenvalue weighted by atomic mass is 19.1. The number of halogens is 2. The third kappa shape index (κ3) is 2.16. The zero-order chi connectivity index (χ0) is 12.5. The maximum absolute atomic E-state index is 13.3. The van der Waals surface area contributed by atoms with Crippen molar-refractivity contribution in [2.75, 3.05) is 0 Å². The van der Waals surface area contributed by atoms with Crippen molar-refractivity contribution in [3.05, 3.63) is 29.6 Å². The first-order valence-corrected chi connectivity index (χ1v) is 4.56. The average molecular weight is 230 g/mol. The van der Waals surface area contributed by atoms with E-state index in [0.717, 1.165) is 6.20 Å². The van der Waals surface area contributed by atoms with Gasteiger partial charge in [-0.25, -0.2) is 8.78 Å². The van der Waals surface area contributed by atoms with Gasteiger partial charge in [-0.2, -0.15) is 0 Å². The van der Waals surface area contributed by atoms with Gasteiger partial charge in [-0.3, -0.25) is 9.78 Å². The molecule has 1 rings (SSSR count). The minimum atomic E-state index is -1.38. The van der Waals surface area contributed by atoms with Crippen LogP contribution in [-0.4, -0.2) is 16.1 Å². The number of nitrogens with zero attached hydrogens (tertiary/aromatic N) is 1. The molecule has 1 aromatic heterocycles. The van der Waals surface area contributed by atoms with Gasteiger partial charge in [-0.05, 0) is 13.8 Å². The van der Waals surface area contributed by atoms with Crippen LogP contribution in [-0.2, 0) is 4.79 Å². The van der Waals surface area contributed by atoms with E-state index in [2.05, 4.69) is 4.98 Å². The van der Waals surface area contributed by atoms with Crippen LogP contribution in [0.3, 0.4) is 0 Å². The molecule has 0 bridgehead atoms. The van der Waals surface area contributed by atoms with Crippen LogP contribution in [0, 0.1) is 17.0 Å². The molecule has 1 unspecified atom stereocenters. The molecule has 1 aromatic rings. The lowest BCUT2D eigenvalue weighted by Gasteiger charge is -2.26. The van der Waals surface area contributed by atoms with Crippen molar-refractivity contribution < 1.29 is 18.7 Å². The second kappa shape index (κ2) is 4.13. The number of carbonyl (C=O) groups is 1. The molecule has 3 N–H and O–H groups in total.